The van der Waals surface area contributed by atoms with Crippen LogP contribution in [0, 0.1) is 0 Å². The zero-order valence-corrected chi connectivity index (χ0v) is 17.6. The van der Waals surface area contributed by atoms with Crippen molar-refractivity contribution in [1.29, 1.82) is 0 Å². The Hall–Kier alpha value is -2.21. The van der Waals surface area contributed by atoms with Crippen molar-refractivity contribution >= 4 is 34.0 Å². The van der Waals surface area contributed by atoms with Crippen LogP contribution in [0.15, 0.2) is 60.8 Å². The molecule has 3 aromatic rings. The summed E-state index contributed by atoms with van der Waals surface area (Å²) in [5, 5.41) is 4.36. The molecule has 4 nitrogen and oxygen atoms in total. The molecular formula is C22H24ClN3OS. The van der Waals surface area contributed by atoms with Crippen molar-refractivity contribution in [3.05, 3.63) is 81.8 Å². The average Bonchev–Trinajstić information content (AvgIpc) is 3.15. The molecule has 0 aliphatic carbocycles. The number of benzene rings is 2. The molecule has 0 radical (unpaired) electrons. The lowest BCUT2D eigenvalue weighted by Gasteiger charge is -2.28. The van der Waals surface area contributed by atoms with Gasteiger partial charge >= 0.3 is 0 Å². The van der Waals surface area contributed by atoms with Crippen LogP contribution in [0.3, 0.4) is 0 Å². The van der Waals surface area contributed by atoms with E-state index in [0.29, 0.717) is 11.6 Å². The highest BCUT2D eigenvalue weighted by molar-refractivity contribution is 7.15. The largest absolute Gasteiger partial charge is 0.300 e. The van der Waals surface area contributed by atoms with Gasteiger partial charge in [-0.05, 0) is 30.3 Å². The first kappa shape index (κ1) is 20.5. The first-order valence-electron chi connectivity index (χ1n) is 9.40. The topological polar surface area (TPSA) is 45.2 Å². The van der Waals surface area contributed by atoms with Gasteiger partial charge in [-0.2, -0.15) is 0 Å². The lowest BCUT2D eigenvalue weighted by Crippen LogP contribution is -2.37. The Morgan fingerprint density at radius 1 is 1.11 bits per heavy atom. The van der Waals surface area contributed by atoms with E-state index in [0.717, 1.165) is 34.1 Å². The van der Waals surface area contributed by atoms with Crippen LogP contribution in [0.2, 0.25) is 5.02 Å². The van der Waals surface area contributed by atoms with Crippen LogP contribution in [-0.2, 0) is 11.2 Å². The van der Waals surface area contributed by atoms with Crippen LogP contribution >= 0.6 is 22.9 Å². The first-order valence-corrected chi connectivity index (χ1v) is 10.6. The van der Waals surface area contributed by atoms with Gasteiger partial charge in [0, 0.05) is 22.5 Å². The maximum Gasteiger partial charge on any atom is 0.248 e. The highest BCUT2D eigenvalue weighted by Gasteiger charge is 2.26. The number of hydrogen-bond donors (Lipinski definition) is 1. The zero-order valence-electron chi connectivity index (χ0n) is 16.1. The van der Waals surface area contributed by atoms with Gasteiger partial charge in [-0.25, -0.2) is 4.98 Å². The summed E-state index contributed by atoms with van der Waals surface area (Å²) in [5.41, 5.74) is 2.03. The Balaban J connectivity index is 1.75. The molecule has 0 bridgehead atoms. The van der Waals surface area contributed by atoms with Gasteiger partial charge in [-0.3, -0.25) is 9.69 Å². The molecule has 1 unspecified atom stereocenters. The predicted molar refractivity (Wildman–Crippen MR) is 117 cm³/mol. The second-order valence-corrected chi connectivity index (χ2v) is 7.95. The fourth-order valence-electron chi connectivity index (χ4n) is 3.20. The Bertz CT molecular complexity index is 909. The summed E-state index contributed by atoms with van der Waals surface area (Å²) in [6.07, 6.45) is 2.50. The van der Waals surface area contributed by atoms with Crippen molar-refractivity contribution in [1.82, 2.24) is 9.88 Å². The third-order valence-electron chi connectivity index (χ3n) is 4.65. The van der Waals surface area contributed by atoms with E-state index in [-0.39, 0.29) is 11.9 Å². The minimum absolute atomic E-state index is 0.0615. The van der Waals surface area contributed by atoms with Crippen molar-refractivity contribution in [2.45, 2.75) is 26.3 Å². The lowest BCUT2D eigenvalue weighted by atomic mass is 10.0. The van der Waals surface area contributed by atoms with Crippen LogP contribution < -0.4 is 5.32 Å². The van der Waals surface area contributed by atoms with Crippen molar-refractivity contribution in [3.8, 4) is 0 Å². The molecule has 0 aliphatic rings. The number of rotatable bonds is 8. The van der Waals surface area contributed by atoms with Gasteiger partial charge in [-0.15, -0.1) is 11.3 Å². The Morgan fingerprint density at radius 2 is 1.79 bits per heavy atom. The molecular weight excluding hydrogens is 390 g/mol. The number of amides is 1. The van der Waals surface area contributed by atoms with E-state index in [2.05, 4.69) is 29.0 Å². The predicted octanol–water partition coefficient (Wildman–Crippen LogP) is 5.41. The number of likely N-dealkylation sites (N-methyl/N-ethyl adjacent to an activating group) is 1. The highest BCUT2D eigenvalue weighted by atomic mass is 35.5. The van der Waals surface area contributed by atoms with Crippen LogP contribution in [0.1, 0.15) is 35.9 Å². The molecule has 1 atom stereocenters. The number of halogens is 1. The quantitative estimate of drug-likeness (QED) is 0.537. The summed E-state index contributed by atoms with van der Waals surface area (Å²) < 4.78 is 0. The van der Waals surface area contributed by atoms with Crippen LogP contribution in [-0.4, -0.2) is 28.9 Å². The maximum atomic E-state index is 13.1. The maximum absolute atomic E-state index is 13.1. The van der Waals surface area contributed by atoms with E-state index in [1.807, 2.05) is 54.6 Å². The van der Waals surface area contributed by atoms with Gasteiger partial charge in [0.1, 0.15) is 6.04 Å². The van der Waals surface area contributed by atoms with Crippen molar-refractivity contribution < 1.29 is 4.79 Å². The normalized spacial score (nSPS) is 12.1. The number of carbonyl (C=O) groups is 1. The molecule has 1 amide bonds. The number of nitrogens with one attached hydrogen (secondary N) is 1. The number of carbonyl (C=O) groups excluding carboxylic acids is 1. The Labute approximate surface area is 175 Å². The van der Waals surface area contributed by atoms with E-state index in [9.17, 15) is 4.79 Å². The summed E-state index contributed by atoms with van der Waals surface area (Å²) in [5.74, 6) is -0.0615. The molecule has 0 fully saturated rings. The Kier molecular flexibility index (Phi) is 7.20. The van der Waals surface area contributed by atoms with Gasteiger partial charge < -0.3 is 5.32 Å². The van der Waals surface area contributed by atoms with E-state index in [4.69, 9.17) is 11.6 Å². The second kappa shape index (κ2) is 9.82. The molecule has 0 aliphatic heterocycles. The molecule has 146 valence electrons. The standard InChI is InChI=1S/C22H24ClN3OS/c1-3-26(4-2)20(16-10-6-5-7-11-16)21(27)25-22-24-15-18(28-22)14-17-12-8-9-13-19(17)23/h5-13,15,20H,3-4,14H2,1-2H3,(H,24,25,27). The van der Waals surface area contributed by atoms with E-state index in [1.54, 1.807) is 6.20 Å². The monoisotopic (exact) mass is 413 g/mol. The molecule has 0 saturated heterocycles. The number of aromatic nitrogens is 1. The molecule has 6 heteroatoms. The van der Waals surface area contributed by atoms with E-state index < -0.39 is 0 Å². The van der Waals surface area contributed by atoms with Crippen LogP contribution in [0.4, 0.5) is 5.13 Å². The Morgan fingerprint density at radius 3 is 2.46 bits per heavy atom. The number of nitrogens with zero attached hydrogens (tertiary/aromatic N) is 2. The smallest absolute Gasteiger partial charge is 0.248 e. The minimum atomic E-state index is -0.341. The van der Waals surface area contributed by atoms with E-state index in [1.165, 1.54) is 11.3 Å². The average molecular weight is 414 g/mol. The lowest BCUT2D eigenvalue weighted by molar-refractivity contribution is -0.121. The minimum Gasteiger partial charge on any atom is -0.300 e. The van der Waals surface area contributed by atoms with Crippen molar-refractivity contribution in [2.75, 3.05) is 18.4 Å². The van der Waals surface area contributed by atoms with Crippen molar-refractivity contribution in [2.24, 2.45) is 0 Å². The van der Waals surface area contributed by atoms with Gasteiger partial charge in [0.2, 0.25) is 5.91 Å². The van der Waals surface area contributed by atoms with Crippen molar-refractivity contribution in [3.63, 3.8) is 0 Å². The number of hydrogen-bond acceptors (Lipinski definition) is 4. The molecule has 1 heterocycles. The number of thiazole rings is 1. The summed E-state index contributed by atoms with van der Waals surface area (Å²) in [7, 11) is 0. The third kappa shape index (κ3) is 4.98. The fourth-order valence-corrected chi connectivity index (χ4v) is 4.24. The van der Waals surface area contributed by atoms with E-state index >= 15 is 0 Å². The molecule has 28 heavy (non-hydrogen) atoms. The third-order valence-corrected chi connectivity index (χ3v) is 5.93. The molecule has 2 aromatic carbocycles. The summed E-state index contributed by atoms with van der Waals surface area (Å²) in [6.45, 7) is 5.72. The molecule has 0 spiro atoms. The highest BCUT2D eigenvalue weighted by Crippen LogP contribution is 2.27. The SMILES string of the molecule is CCN(CC)C(C(=O)Nc1ncc(Cc2ccccc2Cl)s1)c1ccccc1. The molecule has 0 saturated carbocycles. The molecule has 1 N–H and O–H groups in total. The fraction of sp³-hybridized carbons (Fsp3) is 0.273. The van der Waals surface area contributed by atoms with Crippen LogP contribution in [0.5, 0.6) is 0 Å². The summed E-state index contributed by atoms with van der Waals surface area (Å²) in [6, 6.07) is 17.3. The summed E-state index contributed by atoms with van der Waals surface area (Å²) >= 11 is 7.73. The van der Waals surface area contributed by atoms with Crippen LogP contribution in [0.25, 0.3) is 0 Å². The summed E-state index contributed by atoms with van der Waals surface area (Å²) in [4.78, 5) is 20.7. The second-order valence-electron chi connectivity index (χ2n) is 6.42. The van der Waals surface area contributed by atoms with Gasteiger partial charge in [-0.1, -0.05) is 74.0 Å². The number of anilines is 1. The van der Waals surface area contributed by atoms with Gasteiger partial charge in [0.15, 0.2) is 5.13 Å². The van der Waals surface area contributed by atoms with Gasteiger partial charge in [0.25, 0.3) is 0 Å². The molecule has 1 aromatic heterocycles. The first-order chi connectivity index (χ1) is 13.6. The zero-order chi connectivity index (χ0) is 19.9. The molecule has 3 rings (SSSR count). The van der Waals surface area contributed by atoms with Gasteiger partial charge in [0.05, 0.1) is 0 Å².